The minimum absolute atomic E-state index is 0.172. The van der Waals surface area contributed by atoms with E-state index in [9.17, 15) is 13.2 Å². The van der Waals surface area contributed by atoms with Crippen LogP contribution < -0.4 is 10.3 Å². The van der Waals surface area contributed by atoms with Gasteiger partial charge >= 0.3 is 0 Å². The van der Waals surface area contributed by atoms with E-state index in [1.165, 1.54) is 4.31 Å². The topological polar surface area (TPSA) is 79.5 Å². The van der Waals surface area contributed by atoms with Crippen molar-refractivity contribution in [2.75, 3.05) is 19.4 Å². The summed E-state index contributed by atoms with van der Waals surface area (Å²) in [7, 11) is -1.67. The average Bonchev–Trinajstić information content (AvgIpc) is 2.62. The number of pyridine rings is 1. The van der Waals surface area contributed by atoms with Gasteiger partial charge in [-0.2, -0.15) is 4.31 Å². The Morgan fingerprint density at radius 3 is 2.54 bits per heavy atom. The van der Waals surface area contributed by atoms with Crippen LogP contribution in [0.2, 0.25) is 0 Å². The molecule has 1 N–H and O–H groups in total. The van der Waals surface area contributed by atoms with Gasteiger partial charge in [-0.05, 0) is 53.6 Å². The molecule has 1 fully saturated rings. The van der Waals surface area contributed by atoms with Crippen molar-refractivity contribution in [3.05, 3.63) is 51.9 Å². The third kappa shape index (κ3) is 4.15. The highest BCUT2D eigenvalue weighted by Crippen LogP contribution is 2.37. The summed E-state index contributed by atoms with van der Waals surface area (Å²) in [5, 5.41) is 0. The lowest BCUT2D eigenvalue weighted by atomic mass is 9.83. The van der Waals surface area contributed by atoms with Gasteiger partial charge in [-0.1, -0.05) is 20.8 Å². The van der Waals surface area contributed by atoms with Crippen LogP contribution in [0.25, 0.3) is 11.1 Å². The number of aromatic amines is 1. The molecule has 0 atom stereocenters. The summed E-state index contributed by atoms with van der Waals surface area (Å²) in [6.07, 6.45) is 3.13. The molecule has 0 aliphatic carbocycles. The van der Waals surface area contributed by atoms with Crippen LogP contribution in [0, 0.1) is 0 Å². The van der Waals surface area contributed by atoms with Crippen molar-refractivity contribution in [2.24, 2.45) is 0 Å². The van der Waals surface area contributed by atoms with Crippen LogP contribution in [-0.2, 0) is 22.0 Å². The first-order valence-corrected chi connectivity index (χ1v) is 11.1. The minimum Gasteiger partial charge on any atom is -0.496 e. The van der Waals surface area contributed by atoms with Crippen molar-refractivity contribution >= 4 is 10.0 Å². The van der Waals surface area contributed by atoms with Crippen molar-refractivity contribution < 1.29 is 13.2 Å². The van der Waals surface area contributed by atoms with Gasteiger partial charge < -0.3 is 9.72 Å². The maximum atomic E-state index is 12.5. The molecule has 1 saturated heterocycles. The van der Waals surface area contributed by atoms with Gasteiger partial charge in [0.1, 0.15) is 5.75 Å². The molecule has 1 aliphatic heterocycles. The van der Waals surface area contributed by atoms with Gasteiger partial charge in [0.15, 0.2) is 0 Å². The van der Waals surface area contributed by atoms with Crippen molar-refractivity contribution in [3.8, 4) is 16.9 Å². The Balaban J connectivity index is 2.20. The summed E-state index contributed by atoms with van der Waals surface area (Å²) in [5.41, 5.74) is 2.62. The molecule has 0 saturated carbocycles. The van der Waals surface area contributed by atoms with Crippen molar-refractivity contribution in [1.82, 2.24) is 9.29 Å². The number of aromatic nitrogens is 1. The summed E-state index contributed by atoms with van der Waals surface area (Å²) in [6, 6.07) is 7.39. The maximum Gasteiger partial charge on any atom is 0.255 e. The van der Waals surface area contributed by atoms with Gasteiger partial charge in [0, 0.05) is 30.4 Å². The van der Waals surface area contributed by atoms with Gasteiger partial charge in [-0.25, -0.2) is 8.42 Å². The molecule has 2 heterocycles. The molecule has 7 heteroatoms. The molecule has 0 spiro atoms. The number of nitrogens with zero attached hydrogens (tertiary/aromatic N) is 1. The third-order valence-corrected chi connectivity index (χ3v) is 7.04. The zero-order valence-corrected chi connectivity index (χ0v) is 17.7. The lowest BCUT2D eigenvalue weighted by molar-refractivity contribution is 0.374. The van der Waals surface area contributed by atoms with Crippen LogP contribution in [0.15, 0.2) is 35.3 Å². The summed E-state index contributed by atoms with van der Waals surface area (Å²) in [6.45, 7) is 6.97. The molecule has 0 amide bonds. The number of H-pyrrole nitrogens is 1. The molecule has 1 aromatic heterocycles. The monoisotopic (exact) mass is 404 g/mol. The second-order valence-corrected chi connectivity index (χ2v) is 10.3. The number of ether oxygens (including phenoxy) is 1. The van der Waals surface area contributed by atoms with Gasteiger partial charge in [0.05, 0.1) is 12.9 Å². The average molecular weight is 405 g/mol. The number of rotatable bonds is 4. The molecule has 152 valence electrons. The zero-order valence-electron chi connectivity index (χ0n) is 16.9. The first-order chi connectivity index (χ1) is 13.1. The molecule has 0 bridgehead atoms. The quantitative estimate of drug-likeness (QED) is 0.848. The Morgan fingerprint density at radius 1 is 1.18 bits per heavy atom. The first-order valence-electron chi connectivity index (χ1n) is 9.51. The number of methoxy groups -OCH3 is 1. The highest BCUT2D eigenvalue weighted by molar-refractivity contribution is 7.89. The van der Waals surface area contributed by atoms with Gasteiger partial charge in [-0.15, -0.1) is 0 Å². The van der Waals surface area contributed by atoms with Crippen molar-refractivity contribution in [1.29, 1.82) is 0 Å². The van der Waals surface area contributed by atoms with E-state index in [4.69, 9.17) is 4.74 Å². The largest absolute Gasteiger partial charge is 0.496 e. The van der Waals surface area contributed by atoms with E-state index in [0.717, 1.165) is 23.1 Å². The zero-order chi connectivity index (χ0) is 20.5. The molecular formula is C21H28N2O4S. The lowest BCUT2D eigenvalue weighted by Gasteiger charge is -2.29. The Hall–Kier alpha value is -2.12. The predicted molar refractivity (Wildman–Crippen MR) is 111 cm³/mol. The predicted octanol–water partition coefficient (Wildman–Crippen LogP) is 3.27. The fourth-order valence-electron chi connectivity index (χ4n) is 3.60. The SMILES string of the molecule is COc1cc(CN2CCCCS2(=O)=O)c(-c2ccc[nH]c2=O)cc1C(C)(C)C. The van der Waals surface area contributed by atoms with E-state index in [-0.39, 0.29) is 23.3 Å². The number of hydrogen-bond acceptors (Lipinski definition) is 4. The van der Waals surface area contributed by atoms with Crippen LogP contribution in [0.4, 0.5) is 0 Å². The van der Waals surface area contributed by atoms with E-state index in [1.807, 2.05) is 12.1 Å². The van der Waals surface area contributed by atoms with Crippen LogP contribution >= 0.6 is 0 Å². The van der Waals surface area contributed by atoms with Gasteiger partial charge in [0.25, 0.3) is 5.56 Å². The molecule has 2 aromatic rings. The summed E-state index contributed by atoms with van der Waals surface area (Å²) in [5.74, 6) is 0.874. The summed E-state index contributed by atoms with van der Waals surface area (Å²) < 4.78 is 32.2. The normalized spacial score (nSPS) is 17.4. The first kappa shape index (κ1) is 20.6. The van der Waals surface area contributed by atoms with E-state index in [2.05, 4.69) is 25.8 Å². The Kier molecular flexibility index (Phi) is 5.68. The smallest absolute Gasteiger partial charge is 0.255 e. The molecule has 6 nitrogen and oxygen atoms in total. The number of hydrogen-bond donors (Lipinski definition) is 1. The van der Waals surface area contributed by atoms with E-state index < -0.39 is 10.0 Å². The van der Waals surface area contributed by atoms with Crippen LogP contribution in [0.5, 0.6) is 5.75 Å². The highest BCUT2D eigenvalue weighted by Gasteiger charge is 2.28. The molecule has 0 unspecified atom stereocenters. The van der Waals surface area contributed by atoms with Crippen molar-refractivity contribution in [3.63, 3.8) is 0 Å². The van der Waals surface area contributed by atoms with E-state index in [0.29, 0.717) is 24.3 Å². The minimum atomic E-state index is -3.28. The fourth-order valence-corrected chi connectivity index (χ4v) is 5.17. The van der Waals surface area contributed by atoms with Crippen molar-refractivity contribution in [2.45, 2.75) is 45.6 Å². The third-order valence-electron chi connectivity index (χ3n) is 5.14. The molecule has 28 heavy (non-hydrogen) atoms. The fraction of sp³-hybridized carbons (Fsp3) is 0.476. The Labute approximate surface area is 166 Å². The molecule has 1 aliphatic rings. The second kappa shape index (κ2) is 7.72. The molecule has 1 aromatic carbocycles. The highest BCUT2D eigenvalue weighted by atomic mass is 32.2. The number of nitrogens with one attached hydrogen (secondary N) is 1. The number of sulfonamides is 1. The van der Waals surface area contributed by atoms with Crippen LogP contribution in [-0.4, -0.2) is 37.1 Å². The maximum absolute atomic E-state index is 12.5. The lowest BCUT2D eigenvalue weighted by Crippen LogP contribution is -2.37. The number of benzene rings is 1. The van der Waals surface area contributed by atoms with Gasteiger partial charge in [-0.3, -0.25) is 4.79 Å². The van der Waals surface area contributed by atoms with Crippen LogP contribution in [0.1, 0.15) is 44.7 Å². The van der Waals surface area contributed by atoms with E-state index in [1.54, 1.807) is 25.4 Å². The second-order valence-electron chi connectivity index (χ2n) is 8.23. The summed E-state index contributed by atoms with van der Waals surface area (Å²) >= 11 is 0. The standard InChI is InChI=1S/C21H28N2O4S/c1-21(2,3)18-13-17(16-8-7-9-22-20(16)24)15(12-19(18)27-4)14-23-10-5-6-11-28(23,25)26/h7-9,12-13H,5-6,10-11,14H2,1-4H3,(H,22,24). The Bertz CT molecular complexity index is 1020. The Morgan fingerprint density at radius 2 is 1.93 bits per heavy atom. The van der Waals surface area contributed by atoms with E-state index >= 15 is 0 Å². The molecular weight excluding hydrogens is 376 g/mol. The molecule has 3 rings (SSSR count). The van der Waals surface area contributed by atoms with Gasteiger partial charge in [0.2, 0.25) is 10.0 Å². The molecule has 0 radical (unpaired) electrons. The van der Waals surface area contributed by atoms with Crippen LogP contribution in [0.3, 0.4) is 0 Å². The summed E-state index contributed by atoms with van der Waals surface area (Å²) in [4.78, 5) is 15.2.